The van der Waals surface area contributed by atoms with Crippen LogP contribution in [0.2, 0.25) is 0 Å². The van der Waals surface area contributed by atoms with Crippen LogP contribution in [0.4, 0.5) is 0 Å². The first-order chi connectivity index (χ1) is 15.3. The second kappa shape index (κ2) is 10.7. The summed E-state index contributed by atoms with van der Waals surface area (Å²) >= 11 is 0. The standard InChI is InChI=1S/C27H35NO4/c1-5-6-12-22(18-25(29)32-27(2,3)4)28-16-15-21-17-23(13-14-24(21)26(28)30)31-19-20-10-8-7-9-11-20/h7-11,13-14,17,22H,5-6,12,15-16,18-19H2,1-4H3. The van der Waals surface area contributed by atoms with Gasteiger partial charge in [-0.05, 0) is 62.9 Å². The number of nitrogens with zero attached hydrogens (tertiary/aromatic N) is 1. The molecule has 5 heteroatoms. The van der Waals surface area contributed by atoms with Gasteiger partial charge in [-0.2, -0.15) is 0 Å². The smallest absolute Gasteiger partial charge is 0.308 e. The fourth-order valence-corrected chi connectivity index (χ4v) is 4.05. The molecule has 0 saturated heterocycles. The average Bonchev–Trinajstić information content (AvgIpc) is 2.75. The van der Waals surface area contributed by atoms with E-state index in [4.69, 9.17) is 9.47 Å². The summed E-state index contributed by atoms with van der Waals surface area (Å²) in [5, 5.41) is 0. The van der Waals surface area contributed by atoms with Crippen LogP contribution in [-0.4, -0.2) is 35.0 Å². The number of carbonyl (C=O) groups is 2. The van der Waals surface area contributed by atoms with Gasteiger partial charge in [-0.15, -0.1) is 0 Å². The second-order valence-corrected chi connectivity index (χ2v) is 9.43. The fourth-order valence-electron chi connectivity index (χ4n) is 4.05. The normalized spacial score (nSPS) is 14.6. The van der Waals surface area contributed by atoms with Gasteiger partial charge in [0.15, 0.2) is 0 Å². The quantitative estimate of drug-likeness (QED) is 0.482. The first-order valence-corrected chi connectivity index (χ1v) is 11.6. The summed E-state index contributed by atoms with van der Waals surface area (Å²) in [5.41, 5.74) is 2.28. The number of hydrogen-bond acceptors (Lipinski definition) is 4. The van der Waals surface area contributed by atoms with Crippen LogP contribution in [0.25, 0.3) is 0 Å². The highest BCUT2D eigenvalue weighted by Crippen LogP contribution is 2.28. The minimum Gasteiger partial charge on any atom is -0.489 e. The topological polar surface area (TPSA) is 55.8 Å². The molecule has 1 aliphatic rings. The van der Waals surface area contributed by atoms with E-state index in [2.05, 4.69) is 6.92 Å². The molecule has 0 N–H and O–H groups in total. The van der Waals surface area contributed by atoms with E-state index >= 15 is 0 Å². The van der Waals surface area contributed by atoms with Gasteiger partial charge in [0.25, 0.3) is 5.91 Å². The number of benzene rings is 2. The van der Waals surface area contributed by atoms with Gasteiger partial charge in [0.1, 0.15) is 18.0 Å². The largest absolute Gasteiger partial charge is 0.489 e. The highest BCUT2D eigenvalue weighted by molar-refractivity contribution is 5.97. The molecule has 0 spiro atoms. The number of esters is 1. The molecule has 172 valence electrons. The number of carbonyl (C=O) groups excluding carboxylic acids is 2. The molecule has 0 aromatic heterocycles. The molecule has 0 aliphatic carbocycles. The Kier molecular flexibility index (Phi) is 7.94. The van der Waals surface area contributed by atoms with Crippen molar-refractivity contribution in [2.75, 3.05) is 6.54 Å². The molecule has 3 rings (SSSR count). The maximum Gasteiger partial charge on any atom is 0.308 e. The van der Waals surface area contributed by atoms with Crippen molar-refractivity contribution in [1.29, 1.82) is 0 Å². The molecule has 1 amide bonds. The SMILES string of the molecule is CCCCC(CC(=O)OC(C)(C)C)N1CCc2cc(OCc3ccccc3)ccc2C1=O. The molecule has 32 heavy (non-hydrogen) atoms. The Morgan fingerprint density at radius 1 is 1.12 bits per heavy atom. The molecule has 1 heterocycles. The van der Waals surface area contributed by atoms with Crippen LogP contribution in [-0.2, 0) is 22.6 Å². The molecule has 0 fully saturated rings. The highest BCUT2D eigenvalue weighted by Gasteiger charge is 2.32. The van der Waals surface area contributed by atoms with Crippen LogP contribution in [0.5, 0.6) is 5.75 Å². The third-order valence-corrected chi connectivity index (χ3v) is 5.59. The van der Waals surface area contributed by atoms with E-state index in [1.807, 2.05) is 74.2 Å². The molecular weight excluding hydrogens is 402 g/mol. The Morgan fingerprint density at radius 3 is 2.56 bits per heavy atom. The summed E-state index contributed by atoms with van der Waals surface area (Å²) in [6, 6.07) is 15.6. The van der Waals surface area contributed by atoms with Gasteiger partial charge >= 0.3 is 5.97 Å². The zero-order valence-corrected chi connectivity index (χ0v) is 19.7. The molecule has 1 aliphatic heterocycles. The van der Waals surface area contributed by atoms with Gasteiger partial charge in [0, 0.05) is 18.2 Å². The maximum absolute atomic E-state index is 13.3. The second-order valence-electron chi connectivity index (χ2n) is 9.43. The van der Waals surface area contributed by atoms with Crippen LogP contribution in [0.3, 0.4) is 0 Å². The fraction of sp³-hybridized carbons (Fsp3) is 0.481. The summed E-state index contributed by atoms with van der Waals surface area (Å²) in [7, 11) is 0. The zero-order valence-electron chi connectivity index (χ0n) is 19.7. The van der Waals surface area contributed by atoms with Crippen molar-refractivity contribution in [3.8, 4) is 5.75 Å². The summed E-state index contributed by atoms with van der Waals surface area (Å²) in [5.74, 6) is 0.512. The lowest BCUT2D eigenvalue weighted by Crippen LogP contribution is -2.46. The van der Waals surface area contributed by atoms with Crippen LogP contribution in [0.1, 0.15) is 74.9 Å². The average molecular weight is 438 g/mol. The number of rotatable bonds is 9. The van der Waals surface area contributed by atoms with Crippen LogP contribution >= 0.6 is 0 Å². The van der Waals surface area contributed by atoms with Crippen molar-refractivity contribution in [2.24, 2.45) is 0 Å². The Bertz CT molecular complexity index is 917. The van der Waals surface area contributed by atoms with E-state index in [9.17, 15) is 9.59 Å². The first kappa shape index (κ1) is 23.8. The molecule has 1 unspecified atom stereocenters. The number of hydrogen-bond donors (Lipinski definition) is 0. The Labute approximate surface area is 191 Å². The number of ether oxygens (including phenoxy) is 2. The monoisotopic (exact) mass is 437 g/mol. The predicted octanol–water partition coefficient (Wildman–Crippen LogP) is 5.55. The Hall–Kier alpha value is -2.82. The molecule has 0 radical (unpaired) electrons. The van der Waals surface area contributed by atoms with E-state index < -0.39 is 5.60 Å². The minimum atomic E-state index is -0.527. The van der Waals surface area contributed by atoms with Gasteiger partial charge in [0.2, 0.25) is 0 Å². The van der Waals surface area contributed by atoms with Gasteiger partial charge in [0.05, 0.1) is 6.42 Å². The number of fused-ring (bicyclic) bond motifs is 1. The van der Waals surface area contributed by atoms with Gasteiger partial charge in [-0.3, -0.25) is 9.59 Å². The Balaban J connectivity index is 1.69. The summed E-state index contributed by atoms with van der Waals surface area (Å²) in [4.78, 5) is 27.7. The molecule has 2 aromatic rings. The van der Waals surface area contributed by atoms with Crippen LogP contribution in [0, 0.1) is 0 Å². The van der Waals surface area contributed by atoms with E-state index in [-0.39, 0.29) is 24.3 Å². The van der Waals surface area contributed by atoms with Gasteiger partial charge < -0.3 is 14.4 Å². The molecule has 2 aromatic carbocycles. The molecule has 0 bridgehead atoms. The lowest BCUT2D eigenvalue weighted by molar-refractivity contribution is -0.156. The van der Waals surface area contributed by atoms with Gasteiger partial charge in [-0.25, -0.2) is 0 Å². The summed E-state index contributed by atoms with van der Waals surface area (Å²) in [6.07, 6.45) is 3.77. The van der Waals surface area contributed by atoms with Crippen molar-refractivity contribution in [3.63, 3.8) is 0 Å². The van der Waals surface area contributed by atoms with E-state index in [1.165, 1.54) is 0 Å². The highest BCUT2D eigenvalue weighted by atomic mass is 16.6. The van der Waals surface area contributed by atoms with E-state index in [0.717, 1.165) is 42.6 Å². The Morgan fingerprint density at radius 2 is 1.88 bits per heavy atom. The third kappa shape index (κ3) is 6.59. The van der Waals surface area contributed by atoms with Crippen molar-refractivity contribution >= 4 is 11.9 Å². The van der Waals surface area contributed by atoms with Crippen molar-refractivity contribution in [1.82, 2.24) is 4.90 Å². The third-order valence-electron chi connectivity index (χ3n) is 5.59. The van der Waals surface area contributed by atoms with E-state index in [0.29, 0.717) is 18.7 Å². The van der Waals surface area contributed by atoms with Crippen molar-refractivity contribution in [3.05, 3.63) is 65.2 Å². The van der Waals surface area contributed by atoms with Crippen molar-refractivity contribution < 1.29 is 19.1 Å². The molecule has 0 saturated carbocycles. The zero-order chi connectivity index (χ0) is 23.1. The first-order valence-electron chi connectivity index (χ1n) is 11.6. The minimum absolute atomic E-state index is 0.00878. The van der Waals surface area contributed by atoms with Gasteiger partial charge in [-0.1, -0.05) is 50.1 Å². The molecule has 5 nitrogen and oxygen atoms in total. The lowest BCUT2D eigenvalue weighted by Gasteiger charge is -2.36. The van der Waals surface area contributed by atoms with Crippen LogP contribution < -0.4 is 4.74 Å². The summed E-state index contributed by atoms with van der Waals surface area (Å²) in [6.45, 7) is 8.82. The van der Waals surface area contributed by atoms with Crippen molar-refractivity contribution in [2.45, 2.75) is 78.0 Å². The van der Waals surface area contributed by atoms with Crippen LogP contribution in [0.15, 0.2) is 48.5 Å². The van der Waals surface area contributed by atoms with E-state index in [1.54, 1.807) is 0 Å². The molecular formula is C27H35NO4. The predicted molar refractivity (Wildman–Crippen MR) is 126 cm³/mol. The number of amides is 1. The maximum atomic E-state index is 13.3. The summed E-state index contributed by atoms with van der Waals surface area (Å²) < 4.78 is 11.5. The lowest BCUT2D eigenvalue weighted by atomic mass is 9.95. The molecule has 1 atom stereocenters. The number of unbranched alkanes of at least 4 members (excludes halogenated alkanes) is 1.